The second-order valence-corrected chi connectivity index (χ2v) is 5.93. The van der Waals surface area contributed by atoms with Crippen LogP contribution >= 0.6 is 0 Å². The van der Waals surface area contributed by atoms with Crippen LogP contribution in [0, 0.1) is 11.3 Å². The van der Waals surface area contributed by atoms with Crippen LogP contribution in [-0.2, 0) is 14.4 Å². The van der Waals surface area contributed by atoms with Crippen molar-refractivity contribution in [2.75, 3.05) is 20.1 Å². The fraction of sp³-hybridized carbons (Fsp3) is 0.769. The lowest BCUT2D eigenvalue weighted by Crippen LogP contribution is -2.42. The third-order valence-electron chi connectivity index (χ3n) is 4.80. The lowest BCUT2D eigenvalue weighted by Gasteiger charge is -2.23. The van der Waals surface area contributed by atoms with Crippen LogP contribution in [0.4, 0.5) is 0 Å². The molecule has 0 radical (unpaired) electrons. The second kappa shape index (κ2) is 4.30. The first kappa shape index (κ1) is 12.6. The van der Waals surface area contributed by atoms with Crippen LogP contribution in [0.2, 0.25) is 0 Å². The predicted molar refractivity (Wildman–Crippen MR) is 67.0 cm³/mol. The minimum atomic E-state index is -0.649. The monoisotopic (exact) mass is 265 g/mol. The van der Waals surface area contributed by atoms with Crippen molar-refractivity contribution in [3.05, 3.63) is 0 Å². The van der Waals surface area contributed by atoms with Gasteiger partial charge in [-0.1, -0.05) is 0 Å². The average molecular weight is 265 g/mol. The third-order valence-corrected chi connectivity index (χ3v) is 4.80. The van der Waals surface area contributed by atoms with Crippen LogP contribution < -0.4 is 10.6 Å². The van der Waals surface area contributed by atoms with Crippen LogP contribution in [0.25, 0.3) is 0 Å². The number of rotatable bonds is 2. The number of hydrogen-bond donors (Lipinski definition) is 2. The summed E-state index contributed by atoms with van der Waals surface area (Å²) in [7, 11) is 1.46. The zero-order chi connectivity index (χ0) is 13.6. The zero-order valence-corrected chi connectivity index (χ0v) is 11.1. The fourth-order valence-electron chi connectivity index (χ4n) is 3.34. The van der Waals surface area contributed by atoms with Gasteiger partial charge in [0.15, 0.2) is 0 Å². The van der Waals surface area contributed by atoms with E-state index in [4.69, 9.17) is 0 Å². The van der Waals surface area contributed by atoms with E-state index in [1.54, 1.807) is 0 Å². The highest BCUT2D eigenvalue weighted by Crippen LogP contribution is 2.58. The molecule has 1 saturated carbocycles. The Balaban J connectivity index is 1.58. The van der Waals surface area contributed by atoms with Crippen LogP contribution in [0.15, 0.2) is 0 Å². The molecule has 3 fully saturated rings. The van der Waals surface area contributed by atoms with Gasteiger partial charge in [-0.3, -0.25) is 19.3 Å². The van der Waals surface area contributed by atoms with Crippen molar-refractivity contribution < 1.29 is 14.4 Å². The van der Waals surface area contributed by atoms with Crippen LogP contribution in [0.3, 0.4) is 0 Å². The summed E-state index contributed by atoms with van der Waals surface area (Å²) in [5, 5.41) is 6.05. The first-order valence-corrected chi connectivity index (χ1v) is 6.85. The summed E-state index contributed by atoms with van der Waals surface area (Å²) in [6.07, 6.45) is 3.08. The first-order valence-electron chi connectivity index (χ1n) is 6.85. The van der Waals surface area contributed by atoms with E-state index in [1.807, 2.05) is 0 Å². The molecule has 3 amide bonds. The number of piperidine rings is 1. The maximum atomic E-state index is 12.2. The lowest BCUT2D eigenvalue weighted by molar-refractivity contribution is -0.138. The fourth-order valence-corrected chi connectivity index (χ4v) is 3.34. The molecule has 0 bridgehead atoms. The number of hydrogen-bond acceptors (Lipinski definition) is 4. The van der Waals surface area contributed by atoms with Gasteiger partial charge in [0.25, 0.3) is 5.91 Å². The molecule has 3 rings (SSSR count). The number of carbonyl (C=O) groups excluding carboxylic acids is 3. The highest BCUT2D eigenvalue weighted by atomic mass is 16.2. The van der Waals surface area contributed by atoms with Crippen molar-refractivity contribution in [2.45, 2.75) is 31.7 Å². The molecule has 2 unspecified atom stereocenters. The first-order chi connectivity index (χ1) is 9.03. The van der Waals surface area contributed by atoms with E-state index in [9.17, 15) is 14.4 Å². The van der Waals surface area contributed by atoms with Gasteiger partial charge in [-0.2, -0.15) is 0 Å². The van der Waals surface area contributed by atoms with Crippen LogP contribution in [0.1, 0.15) is 25.7 Å². The Morgan fingerprint density at radius 1 is 1.37 bits per heavy atom. The number of nitrogens with zero attached hydrogens (tertiary/aromatic N) is 1. The van der Waals surface area contributed by atoms with E-state index >= 15 is 0 Å². The molecule has 3 aliphatic rings. The molecule has 2 N–H and O–H groups in total. The molecule has 0 aromatic carbocycles. The summed E-state index contributed by atoms with van der Waals surface area (Å²) >= 11 is 0. The predicted octanol–water partition coefficient (Wildman–Crippen LogP) is -0.750. The minimum Gasteiger partial charge on any atom is -0.344 e. The van der Waals surface area contributed by atoms with Gasteiger partial charge in [0.05, 0.1) is 6.42 Å². The lowest BCUT2D eigenvalue weighted by atomic mass is 9.91. The summed E-state index contributed by atoms with van der Waals surface area (Å²) in [5.41, 5.74) is 0.160. The van der Waals surface area contributed by atoms with Gasteiger partial charge in [-0.15, -0.1) is 0 Å². The highest BCUT2D eigenvalue weighted by Gasteiger charge is 2.58. The Bertz CT molecular complexity index is 442. The number of amides is 3. The topological polar surface area (TPSA) is 78.5 Å². The zero-order valence-electron chi connectivity index (χ0n) is 11.1. The van der Waals surface area contributed by atoms with Crippen LogP contribution in [-0.4, -0.2) is 48.8 Å². The quantitative estimate of drug-likeness (QED) is 0.644. The summed E-state index contributed by atoms with van der Waals surface area (Å²) < 4.78 is 0. The molecule has 6 nitrogen and oxygen atoms in total. The van der Waals surface area contributed by atoms with Crippen molar-refractivity contribution in [1.82, 2.24) is 15.5 Å². The Hall–Kier alpha value is -1.43. The number of nitrogens with one attached hydrogen (secondary N) is 2. The van der Waals surface area contributed by atoms with E-state index < -0.39 is 6.04 Å². The Kier molecular flexibility index (Phi) is 2.85. The number of carbonyl (C=O) groups is 3. The molecule has 1 aliphatic carbocycles. The molecule has 0 aromatic rings. The minimum absolute atomic E-state index is 0.0309. The van der Waals surface area contributed by atoms with Gasteiger partial charge in [-0.25, -0.2) is 0 Å². The Morgan fingerprint density at radius 2 is 2.05 bits per heavy atom. The van der Waals surface area contributed by atoms with E-state index in [2.05, 4.69) is 10.6 Å². The van der Waals surface area contributed by atoms with E-state index in [0.717, 1.165) is 37.3 Å². The van der Waals surface area contributed by atoms with E-state index in [0.29, 0.717) is 0 Å². The summed E-state index contributed by atoms with van der Waals surface area (Å²) in [5.74, 6) is -0.534. The molecular weight excluding hydrogens is 246 g/mol. The second-order valence-electron chi connectivity index (χ2n) is 5.93. The maximum absolute atomic E-state index is 12.2. The molecule has 2 saturated heterocycles. The van der Waals surface area contributed by atoms with Crippen LogP contribution in [0.5, 0.6) is 0 Å². The van der Waals surface area contributed by atoms with Gasteiger partial charge in [0, 0.05) is 13.0 Å². The van der Waals surface area contributed by atoms with Crippen molar-refractivity contribution >= 4 is 17.7 Å². The SMILES string of the molecule is CN1C(=O)CC(NC(=O)C2CC23CCNCC3)C1=O. The average Bonchev–Trinajstić information content (AvgIpc) is 3.04. The molecule has 6 heteroatoms. The summed E-state index contributed by atoms with van der Waals surface area (Å²) in [4.78, 5) is 36.4. The largest absolute Gasteiger partial charge is 0.344 e. The van der Waals surface area contributed by atoms with Crippen molar-refractivity contribution in [1.29, 1.82) is 0 Å². The number of likely N-dealkylation sites (tertiary alicyclic amines) is 1. The van der Waals surface area contributed by atoms with Gasteiger partial charge < -0.3 is 10.6 Å². The standard InChI is InChI=1S/C13H19N3O3/c1-16-10(17)6-9(12(16)19)15-11(18)8-7-13(8)2-4-14-5-3-13/h8-9,14H,2-7H2,1H3,(H,15,18). The molecule has 2 atom stereocenters. The summed E-state index contributed by atoms with van der Waals surface area (Å²) in [6.45, 7) is 1.93. The van der Waals surface area contributed by atoms with Gasteiger partial charge in [-0.05, 0) is 37.8 Å². The third kappa shape index (κ3) is 2.04. The van der Waals surface area contributed by atoms with Crippen molar-refractivity contribution in [3.8, 4) is 0 Å². The molecule has 1 spiro atoms. The molecule has 2 aliphatic heterocycles. The molecule has 0 aromatic heterocycles. The number of imide groups is 1. The van der Waals surface area contributed by atoms with Gasteiger partial charge in [0.2, 0.25) is 11.8 Å². The Morgan fingerprint density at radius 3 is 2.63 bits per heavy atom. The van der Waals surface area contributed by atoms with Gasteiger partial charge >= 0.3 is 0 Å². The molecule has 2 heterocycles. The Labute approximate surface area is 111 Å². The summed E-state index contributed by atoms with van der Waals surface area (Å²) in [6, 6.07) is -0.649. The van der Waals surface area contributed by atoms with Crippen molar-refractivity contribution in [3.63, 3.8) is 0 Å². The van der Waals surface area contributed by atoms with E-state index in [-0.39, 0.29) is 35.5 Å². The normalized spacial score (nSPS) is 32.8. The van der Waals surface area contributed by atoms with Crippen molar-refractivity contribution in [2.24, 2.45) is 11.3 Å². The maximum Gasteiger partial charge on any atom is 0.252 e. The smallest absolute Gasteiger partial charge is 0.252 e. The highest BCUT2D eigenvalue weighted by molar-refractivity contribution is 6.06. The molecular formula is C13H19N3O3. The number of likely N-dealkylation sites (N-methyl/N-ethyl adjacent to an activating group) is 1. The van der Waals surface area contributed by atoms with Gasteiger partial charge in [0.1, 0.15) is 6.04 Å². The van der Waals surface area contributed by atoms with E-state index in [1.165, 1.54) is 7.05 Å². The molecule has 19 heavy (non-hydrogen) atoms. The molecule has 104 valence electrons.